The SMILES string of the molecule is CCC1CCN(c2ccc(C(=N)N)c(Cl)c2)CC1. The van der Waals surface area contributed by atoms with Crippen LogP contribution in [0.15, 0.2) is 18.2 Å². The number of halogens is 1. The fraction of sp³-hybridized carbons (Fsp3) is 0.500. The summed E-state index contributed by atoms with van der Waals surface area (Å²) in [5.74, 6) is 0.893. The highest BCUT2D eigenvalue weighted by Crippen LogP contribution is 2.28. The van der Waals surface area contributed by atoms with Gasteiger partial charge in [0.05, 0.1) is 5.02 Å². The second-order valence-corrected chi connectivity index (χ2v) is 5.32. The summed E-state index contributed by atoms with van der Waals surface area (Å²) in [6.07, 6.45) is 3.78. The lowest BCUT2D eigenvalue weighted by Gasteiger charge is -2.33. The number of rotatable bonds is 3. The highest BCUT2D eigenvalue weighted by Gasteiger charge is 2.18. The van der Waals surface area contributed by atoms with Gasteiger partial charge < -0.3 is 10.6 Å². The second kappa shape index (κ2) is 5.61. The largest absolute Gasteiger partial charge is 0.384 e. The summed E-state index contributed by atoms with van der Waals surface area (Å²) in [4.78, 5) is 2.36. The van der Waals surface area contributed by atoms with Gasteiger partial charge in [-0.3, -0.25) is 5.41 Å². The molecular formula is C14H20ClN3. The van der Waals surface area contributed by atoms with Crippen LogP contribution in [0.2, 0.25) is 5.02 Å². The van der Waals surface area contributed by atoms with Gasteiger partial charge in [-0.1, -0.05) is 24.9 Å². The van der Waals surface area contributed by atoms with E-state index in [1.165, 1.54) is 19.3 Å². The van der Waals surface area contributed by atoms with Crippen molar-refractivity contribution < 1.29 is 0 Å². The number of nitrogens with zero attached hydrogens (tertiary/aromatic N) is 1. The Morgan fingerprint density at radius 1 is 1.44 bits per heavy atom. The van der Waals surface area contributed by atoms with E-state index >= 15 is 0 Å². The summed E-state index contributed by atoms with van der Waals surface area (Å²) in [5.41, 5.74) is 7.22. The number of piperidine rings is 1. The lowest BCUT2D eigenvalue weighted by Crippen LogP contribution is -2.33. The summed E-state index contributed by atoms with van der Waals surface area (Å²) in [6.45, 7) is 4.45. The zero-order valence-electron chi connectivity index (χ0n) is 10.7. The Morgan fingerprint density at radius 2 is 2.11 bits per heavy atom. The molecule has 1 fully saturated rings. The molecule has 0 radical (unpaired) electrons. The maximum atomic E-state index is 7.42. The van der Waals surface area contributed by atoms with E-state index in [1.807, 2.05) is 18.2 Å². The molecule has 4 heteroatoms. The van der Waals surface area contributed by atoms with Crippen molar-refractivity contribution in [3.05, 3.63) is 28.8 Å². The van der Waals surface area contributed by atoms with Crippen LogP contribution in [0.1, 0.15) is 31.7 Å². The quantitative estimate of drug-likeness (QED) is 0.651. The van der Waals surface area contributed by atoms with E-state index in [-0.39, 0.29) is 5.84 Å². The molecule has 1 saturated heterocycles. The molecule has 0 aromatic heterocycles. The number of benzene rings is 1. The van der Waals surface area contributed by atoms with E-state index in [9.17, 15) is 0 Å². The zero-order chi connectivity index (χ0) is 13.1. The Hall–Kier alpha value is -1.22. The van der Waals surface area contributed by atoms with Gasteiger partial charge in [-0.15, -0.1) is 0 Å². The molecule has 0 spiro atoms. The van der Waals surface area contributed by atoms with E-state index in [1.54, 1.807) is 0 Å². The van der Waals surface area contributed by atoms with Crippen LogP contribution in [0.4, 0.5) is 5.69 Å². The molecule has 1 heterocycles. The van der Waals surface area contributed by atoms with Gasteiger partial charge >= 0.3 is 0 Å². The molecule has 3 nitrogen and oxygen atoms in total. The molecular weight excluding hydrogens is 246 g/mol. The molecule has 1 aromatic carbocycles. The number of hydrogen-bond donors (Lipinski definition) is 2. The van der Waals surface area contributed by atoms with Gasteiger partial charge in [0, 0.05) is 24.3 Å². The number of nitrogens with two attached hydrogens (primary N) is 1. The van der Waals surface area contributed by atoms with Crippen molar-refractivity contribution in [1.29, 1.82) is 5.41 Å². The van der Waals surface area contributed by atoms with Gasteiger partial charge in [0.1, 0.15) is 5.84 Å². The highest BCUT2D eigenvalue weighted by molar-refractivity contribution is 6.34. The average Bonchev–Trinajstić information content (AvgIpc) is 2.38. The van der Waals surface area contributed by atoms with Crippen LogP contribution in [-0.2, 0) is 0 Å². The summed E-state index contributed by atoms with van der Waals surface area (Å²) in [7, 11) is 0. The summed E-state index contributed by atoms with van der Waals surface area (Å²) in [5, 5.41) is 7.99. The Kier molecular flexibility index (Phi) is 4.12. The van der Waals surface area contributed by atoms with Crippen molar-refractivity contribution in [2.75, 3.05) is 18.0 Å². The number of nitrogens with one attached hydrogen (secondary N) is 1. The molecule has 0 aliphatic carbocycles. The predicted octanol–water partition coefficient (Wildman–Crippen LogP) is 3.25. The van der Waals surface area contributed by atoms with Crippen molar-refractivity contribution in [1.82, 2.24) is 0 Å². The summed E-state index contributed by atoms with van der Waals surface area (Å²) < 4.78 is 0. The van der Waals surface area contributed by atoms with E-state index in [0.717, 1.165) is 24.7 Å². The molecule has 1 aliphatic rings. The molecule has 0 amide bonds. The molecule has 98 valence electrons. The zero-order valence-corrected chi connectivity index (χ0v) is 11.5. The lowest BCUT2D eigenvalue weighted by atomic mass is 9.94. The molecule has 0 bridgehead atoms. The Labute approximate surface area is 113 Å². The van der Waals surface area contributed by atoms with Crippen LogP contribution in [0.5, 0.6) is 0 Å². The molecule has 1 aromatic rings. The third-order valence-electron chi connectivity index (χ3n) is 3.80. The minimum Gasteiger partial charge on any atom is -0.384 e. The van der Waals surface area contributed by atoms with Crippen LogP contribution in [0.3, 0.4) is 0 Å². The molecule has 3 N–H and O–H groups in total. The molecule has 0 saturated carbocycles. The number of amidine groups is 1. The maximum Gasteiger partial charge on any atom is 0.124 e. The summed E-state index contributed by atoms with van der Waals surface area (Å²) >= 11 is 6.15. The molecule has 0 atom stereocenters. The predicted molar refractivity (Wildman–Crippen MR) is 77.7 cm³/mol. The van der Waals surface area contributed by atoms with Gasteiger partial charge in [-0.2, -0.15) is 0 Å². The van der Waals surface area contributed by atoms with Crippen LogP contribution >= 0.6 is 11.6 Å². The third kappa shape index (κ3) is 2.78. The number of nitrogen functional groups attached to an aromatic ring is 1. The van der Waals surface area contributed by atoms with E-state index in [2.05, 4.69) is 11.8 Å². The normalized spacial score (nSPS) is 16.9. The average molecular weight is 266 g/mol. The number of anilines is 1. The van der Waals surface area contributed by atoms with Gasteiger partial charge in [0.25, 0.3) is 0 Å². The topological polar surface area (TPSA) is 53.1 Å². The first kappa shape index (κ1) is 13.2. The summed E-state index contributed by atoms with van der Waals surface area (Å²) in [6, 6.07) is 5.77. The van der Waals surface area contributed by atoms with E-state index in [0.29, 0.717) is 10.6 Å². The third-order valence-corrected chi connectivity index (χ3v) is 4.11. The van der Waals surface area contributed by atoms with Gasteiger partial charge in [0.2, 0.25) is 0 Å². The first-order chi connectivity index (χ1) is 8.61. The fourth-order valence-corrected chi connectivity index (χ4v) is 2.80. The van der Waals surface area contributed by atoms with Crippen molar-refractivity contribution in [3.8, 4) is 0 Å². The van der Waals surface area contributed by atoms with Crippen LogP contribution in [0.25, 0.3) is 0 Å². The van der Waals surface area contributed by atoms with Crippen LogP contribution in [-0.4, -0.2) is 18.9 Å². The molecule has 18 heavy (non-hydrogen) atoms. The first-order valence-electron chi connectivity index (χ1n) is 6.50. The van der Waals surface area contributed by atoms with Gasteiger partial charge in [-0.25, -0.2) is 0 Å². The molecule has 2 rings (SSSR count). The molecule has 0 unspecified atom stereocenters. The van der Waals surface area contributed by atoms with Gasteiger partial charge in [0.15, 0.2) is 0 Å². The second-order valence-electron chi connectivity index (χ2n) is 4.92. The fourth-order valence-electron chi connectivity index (χ4n) is 2.52. The van der Waals surface area contributed by atoms with Crippen molar-refractivity contribution >= 4 is 23.1 Å². The highest BCUT2D eigenvalue weighted by atomic mass is 35.5. The van der Waals surface area contributed by atoms with E-state index in [4.69, 9.17) is 22.7 Å². The van der Waals surface area contributed by atoms with Crippen molar-refractivity contribution in [3.63, 3.8) is 0 Å². The Balaban J connectivity index is 2.11. The Morgan fingerprint density at radius 3 is 2.61 bits per heavy atom. The monoisotopic (exact) mass is 265 g/mol. The lowest BCUT2D eigenvalue weighted by molar-refractivity contribution is 0.395. The van der Waals surface area contributed by atoms with Gasteiger partial charge in [-0.05, 0) is 37.0 Å². The van der Waals surface area contributed by atoms with Crippen LogP contribution in [0, 0.1) is 11.3 Å². The molecule has 1 aliphatic heterocycles. The minimum absolute atomic E-state index is 0.0243. The van der Waals surface area contributed by atoms with Crippen molar-refractivity contribution in [2.45, 2.75) is 26.2 Å². The minimum atomic E-state index is 0.0243. The van der Waals surface area contributed by atoms with Crippen LogP contribution < -0.4 is 10.6 Å². The maximum absolute atomic E-state index is 7.42. The Bertz CT molecular complexity index is 437. The van der Waals surface area contributed by atoms with Crippen molar-refractivity contribution in [2.24, 2.45) is 11.7 Å². The van der Waals surface area contributed by atoms with E-state index < -0.39 is 0 Å². The standard InChI is InChI=1S/C14H20ClN3/c1-2-10-5-7-18(8-6-10)11-3-4-12(14(16)17)13(15)9-11/h3-4,9-10H,2,5-8H2,1H3,(H3,16,17). The smallest absolute Gasteiger partial charge is 0.124 e. The first-order valence-corrected chi connectivity index (χ1v) is 6.88. The number of hydrogen-bond acceptors (Lipinski definition) is 2.